The van der Waals surface area contributed by atoms with Gasteiger partial charge in [-0.1, -0.05) is 12.1 Å². The standard InChI is InChI=1S/C19H15N3O4/c23-19(24)14-4-3-6-17(12-14)22(21-25)16-7-9-18(10-8-16)26-13-15-5-1-2-11-20-15/h1-12H,13H2,(H,23,24). The number of anilines is 2. The van der Waals surface area contributed by atoms with E-state index in [1.807, 2.05) is 18.2 Å². The summed E-state index contributed by atoms with van der Waals surface area (Å²) in [6.45, 7) is 0.330. The molecule has 0 unspecified atom stereocenters. The summed E-state index contributed by atoms with van der Waals surface area (Å²) in [6, 6.07) is 18.3. The van der Waals surface area contributed by atoms with Gasteiger partial charge in [-0.2, -0.15) is 5.01 Å². The van der Waals surface area contributed by atoms with Crippen molar-refractivity contribution < 1.29 is 14.6 Å². The number of nitrogens with zero attached hydrogens (tertiary/aromatic N) is 3. The third-order valence-corrected chi connectivity index (χ3v) is 3.61. The predicted molar refractivity (Wildman–Crippen MR) is 96.3 cm³/mol. The van der Waals surface area contributed by atoms with E-state index >= 15 is 0 Å². The summed E-state index contributed by atoms with van der Waals surface area (Å²) in [5.74, 6) is -0.458. The van der Waals surface area contributed by atoms with Crippen molar-refractivity contribution in [2.45, 2.75) is 6.61 Å². The summed E-state index contributed by atoms with van der Waals surface area (Å²) >= 11 is 0. The molecule has 0 atom stereocenters. The Morgan fingerprint density at radius 3 is 2.50 bits per heavy atom. The monoisotopic (exact) mass is 349 g/mol. The van der Waals surface area contributed by atoms with Crippen LogP contribution in [0.15, 0.2) is 78.2 Å². The molecule has 1 N–H and O–H groups in total. The predicted octanol–water partition coefficient (Wildman–Crippen LogP) is 4.18. The number of benzene rings is 2. The molecule has 1 heterocycles. The quantitative estimate of drug-likeness (QED) is 0.508. The van der Waals surface area contributed by atoms with Gasteiger partial charge in [-0.05, 0) is 54.6 Å². The van der Waals surface area contributed by atoms with E-state index < -0.39 is 5.97 Å². The van der Waals surface area contributed by atoms with E-state index in [1.54, 1.807) is 42.6 Å². The van der Waals surface area contributed by atoms with Crippen LogP contribution in [0.25, 0.3) is 0 Å². The van der Waals surface area contributed by atoms with Crippen molar-refractivity contribution in [3.05, 3.63) is 89.1 Å². The second kappa shape index (κ2) is 7.89. The van der Waals surface area contributed by atoms with E-state index in [2.05, 4.69) is 10.3 Å². The van der Waals surface area contributed by atoms with Crippen molar-refractivity contribution in [2.24, 2.45) is 5.29 Å². The van der Waals surface area contributed by atoms with Gasteiger partial charge in [-0.15, -0.1) is 4.91 Å². The second-order valence-corrected chi connectivity index (χ2v) is 5.35. The average Bonchev–Trinajstić information content (AvgIpc) is 2.69. The van der Waals surface area contributed by atoms with Gasteiger partial charge in [0, 0.05) is 6.20 Å². The fourth-order valence-corrected chi connectivity index (χ4v) is 2.34. The molecule has 7 heteroatoms. The Bertz CT molecular complexity index is 898. The van der Waals surface area contributed by atoms with E-state index in [0.717, 1.165) is 10.7 Å². The number of nitroso groups, excluding NO2 is 1. The molecular weight excluding hydrogens is 334 g/mol. The highest BCUT2D eigenvalue weighted by Crippen LogP contribution is 2.28. The Kier molecular flexibility index (Phi) is 5.19. The van der Waals surface area contributed by atoms with Crippen LogP contribution in [-0.4, -0.2) is 16.1 Å². The zero-order chi connectivity index (χ0) is 18.4. The Balaban J connectivity index is 1.74. The lowest BCUT2D eigenvalue weighted by Gasteiger charge is -2.16. The van der Waals surface area contributed by atoms with E-state index in [4.69, 9.17) is 9.84 Å². The molecule has 0 amide bonds. The van der Waals surface area contributed by atoms with Gasteiger partial charge >= 0.3 is 5.97 Å². The minimum Gasteiger partial charge on any atom is -0.487 e. The molecular formula is C19H15N3O4. The molecule has 0 spiro atoms. The maximum atomic E-state index is 11.3. The molecule has 130 valence electrons. The molecule has 0 saturated heterocycles. The number of hydrogen-bond acceptors (Lipinski definition) is 5. The van der Waals surface area contributed by atoms with Crippen LogP contribution in [0.1, 0.15) is 16.1 Å². The lowest BCUT2D eigenvalue weighted by Crippen LogP contribution is -2.09. The molecule has 0 saturated carbocycles. The summed E-state index contributed by atoms with van der Waals surface area (Å²) in [6.07, 6.45) is 1.70. The number of hydrogen-bond donors (Lipinski definition) is 1. The molecule has 2 aromatic carbocycles. The fraction of sp³-hybridized carbons (Fsp3) is 0.0526. The molecule has 0 aliphatic carbocycles. The maximum absolute atomic E-state index is 11.3. The Morgan fingerprint density at radius 1 is 1.04 bits per heavy atom. The number of carbonyl (C=O) groups is 1. The van der Waals surface area contributed by atoms with Gasteiger partial charge < -0.3 is 9.84 Å². The Labute approximate surface area is 149 Å². The van der Waals surface area contributed by atoms with E-state index in [1.165, 1.54) is 12.1 Å². The van der Waals surface area contributed by atoms with E-state index in [-0.39, 0.29) is 5.56 Å². The summed E-state index contributed by atoms with van der Waals surface area (Å²) in [4.78, 5) is 26.5. The minimum atomic E-state index is -1.07. The fourth-order valence-electron chi connectivity index (χ4n) is 2.34. The van der Waals surface area contributed by atoms with Crippen LogP contribution in [0.5, 0.6) is 5.75 Å². The highest BCUT2D eigenvalue weighted by Gasteiger charge is 2.12. The van der Waals surface area contributed by atoms with Crippen molar-refractivity contribution in [1.29, 1.82) is 0 Å². The van der Waals surface area contributed by atoms with Crippen LogP contribution in [0.3, 0.4) is 0 Å². The highest BCUT2D eigenvalue weighted by molar-refractivity contribution is 5.89. The van der Waals surface area contributed by atoms with Gasteiger partial charge in [0.15, 0.2) is 0 Å². The molecule has 0 aliphatic rings. The molecule has 0 fully saturated rings. The molecule has 3 rings (SSSR count). The smallest absolute Gasteiger partial charge is 0.335 e. The summed E-state index contributed by atoms with van der Waals surface area (Å²) < 4.78 is 5.65. The van der Waals surface area contributed by atoms with Gasteiger partial charge in [0.2, 0.25) is 0 Å². The molecule has 26 heavy (non-hydrogen) atoms. The van der Waals surface area contributed by atoms with Crippen LogP contribution in [0.2, 0.25) is 0 Å². The third-order valence-electron chi connectivity index (χ3n) is 3.61. The topological polar surface area (TPSA) is 92.1 Å². The SMILES string of the molecule is O=NN(c1ccc(OCc2ccccn2)cc1)c1cccc(C(=O)O)c1. The molecule has 7 nitrogen and oxygen atoms in total. The van der Waals surface area contributed by atoms with Crippen molar-refractivity contribution in [3.63, 3.8) is 0 Å². The number of rotatable bonds is 7. The third kappa shape index (κ3) is 4.02. The Hall–Kier alpha value is -3.74. The van der Waals surface area contributed by atoms with Crippen molar-refractivity contribution in [2.75, 3.05) is 5.01 Å². The Morgan fingerprint density at radius 2 is 1.85 bits per heavy atom. The lowest BCUT2D eigenvalue weighted by atomic mass is 10.2. The molecule has 3 aromatic rings. The second-order valence-electron chi connectivity index (χ2n) is 5.35. The number of ether oxygens (including phenoxy) is 1. The lowest BCUT2D eigenvalue weighted by molar-refractivity contribution is 0.0697. The number of carboxylic acid groups (broad SMARTS) is 1. The maximum Gasteiger partial charge on any atom is 0.335 e. The zero-order valence-corrected chi connectivity index (χ0v) is 13.6. The van der Waals surface area contributed by atoms with Gasteiger partial charge in [0.1, 0.15) is 12.4 Å². The van der Waals surface area contributed by atoms with Gasteiger partial charge in [0.25, 0.3) is 0 Å². The van der Waals surface area contributed by atoms with Crippen LogP contribution in [0, 0.1) is 4.91 Å². The molecule has 1 aromatic heterocycles. The van der Waals surface area contributed by atoms with Crippen LogP contribution in [0.4, 0.5) is 11.4 Å². The van der Waals surface area contributed by atoms with Gasteiger partial charge in [-0.3, -0.25) is 4.98 Å². The number of carboxylic acids is 1. The summed E-state index contributed by atoms with van der Waals surface area (Å²) in [5, 5.41) is 13.2. The van der Waals surface area contributed by atoms with Crippen molar-refractivity contribution >= 4 is 17.3 Å². The van der Waals surface area contributed by atoms with Crippen LogP contribution < -0.4 is 9.75 Å². The van der Waals surface area contributed by atoms with Gasteiger partial charge in [0.05, 0.1) is 27.9 Å². The number of aromatic nitrogens is 1. The number of aromatic carboxylic acids is 1. The first-order chi connectivity index (χ1) is 12.7. The minimum absolute atomic E-state index is 0.0754. The molecule has 0 aliphatic heterocycles. The summed E-state index contributed by atoms with van der Waals surface area (Å²) in [7, 11) is 0. The van der Waals surface area contributed by atoms with E-state index in [0.29, 0.717) is 23.7 Å². The van der Waals surface area contributed by atoms with Crippen LogP contribution >= 0.6 is 0 Å². The van der Waals surface area contributed by atoms with Crippen molar-refractivity contribution in [1.82, 2.24) is 4.98 Å². The van der Waals surface area contributed by atoms with Crippen molar-refractivity contribution in [3.8, 4) is 5.75 Å². The first-order valence-corrected chi connectivity index (χ1v) is 7.77. The number of pyridine rings is 1. The molecule has 0 bridgehead atoms. The molecule has 0 radical (unpaired) electrons. The zero-order valence-electron chi connectivity index (χ0n) is 13.6. The average molecular weight is 349 g/mol. The largest absolute Gasteiger partial charge is 0.487 e. The first kappa shape index (κ1) is 17.1. The van der Waals surface area contributed by atoms with Gasteiger partial charge in [-0.25, -0.2) is 4.79 Å². The highest BCUT2D eigenvalue weighted by atomic mass is 16.5. The first-order valence-electron chi connectivity index (χ1n) is 7.77. The summed E-state index contributed by atoms with van der Waals surface area (Å²) in [5.41, 5.74) is 1.74. The van der Waals surface area contributed by atoms with E-state index in [9.17, 15) is 9.70 Å². The van der Waals surface area contributed by atoms with Crippen LogP contribution in [-0.2, 0) is 6.61 Å². The normalized spacial score (nSPS) is 10.2.